The van der Waals surface area contributed by atoms with E-state index >= 15 is 0 Å². The minimum atomic E-state index is -0.544. The molecule has 1 aromatic rings. The van der Waals surface area contributed by atoms with E-state index in [2.05, 4.69) is 10.3 Å². The Hall–Kier alpha value is -1.72. The smallest absolute Gasteiger partial charge is 0.244 e. The summed E-state index contributed by atoms with van der Waals surface area (Å²) in [4.78, 5) is 15.4. The Kier molecular flexibility index (Phi) is 6.68. The summed E-state index contributed by atoms with van der Waals surface area (Å²) in [5, 5.41) is 12.0. The lowest BCUT2D eigenvalue weighted by molar-refractivity contribution is -0.116. The van der Waals surface area contributed by atoms with Gasteiger partial charge in [0.25, 0.3) is 0 Å². The Labute approximate surface area is 107 Å². The number of nitrogens with zero attached hydrogens (tertiary/aromatic N) is 1. The average molecular weight is 250 g/mol. The first kappa shape index (κ1) is 14.3. The molecule has 98 valence electrons. The maximum atomic E-state index is 11.4. The zero-order valence-electron chi connectivity index (χ0n) is 10.4. The Morgan fingerprint density at radius 1 is 1.67 bits per heavy atom. The fourth-order valence-electron chi connectivity index (χ4n) is 1.34. The fraction of sp³-hybridized carbons (Fsp3) is 0.385. The van der Waals surface area contributed by atoms with Gasteiger partial charge in [-0.05, 0) is 24.1 Å². The summed E-state index contributed by atoms with van der Waals surface area (Å²) in [5.41, 5.74) is 0.868. The molecule has 2 N–H and O–H groups in total. The van der Waals surface area contributed by atoms with Crippen LogP contribution in [0.15, 0.2) is 30.6 Å². The van der Waals surface area contributed by atoms with Gasteiger partial charge < -0.3 is 15.2 Å². The predicted octanol–water partition coefficient (Wildman–Crippen LogP) is 0.608. The van der Waals surface area contributed by atoms with Crippen LogP contribution in [0.25, 0.3) is 6.08 Å². The van der Waals surface area contributed by atoms with Crippen molar-refractivity contribution in [2.75, 3.05) is 20.3 Å². The minimum absolute atomic E-state index is 0.191. The number of aliphatic hydroxyl groups excluding tert-OH is 1. The molecule has 1 aromatic heterocycles. The summed E-state index contributed by atoms with van der Waals surface area (Å²) in [6.45, 7) is 0.697. The van der Waals surface area contributed by atoms with E-state index in [1.807, 2.05) is 6.07 Å². The van der Waals surface area contributed by atoms with E-state index < -0.39 is 6.10 Å². The Bertz CT molecular complexity index is 379. The van der Waals surface area contributed by atoms with Crippen LogP contribution in [0, 0.1) is 0 Å². The van der Waals surface area contributed by atoms with Gasteiger partial charge in [0, 0.05) is 32.1 Å². The van der Waals surface area contributed by atoms with Gasteiger partial charge >= 0.3 is 0 Å². The van der Waals surface area contributed by atoms with Gasteiger partial charge in [0.15, 0.2) is 0 Å². The van der Waals surface area contributed by atoms with E-state index in [-0.39, 0.29) is 12.5 Å². The predicted molar refractivity (Wildman–Crippen MR) is 68.8 cm³/mol. The fourth-order valence-corrected chi connectivity index (χ4v) is 1.34. The number of methoxy groups -OCH3 is 1. The van der Waals surface area contributed by atoms with E-state index in [9.17, 15) is 9.90 Å². The van der Waals surface area contributed by atoms with Crippen molar-refractivity contribution in [3.8, 4) is 0 Å². The molecule has 0 fully saturated rings. The number of nitrogens with one attached hydrogen (secondary N) is 1. The van der Waals surface area contributed by atoms with Crippen LogP contribution in [0.2, 0.25) is 0 Å². The summed E-state index contributed by atoms with van der Waals surface area (Å²) in [6.07, 6.45) is 6.41. The number of ether oxygens (including phenoxy) is 1. The summed E-state index contributed by atoms with van der Waals surface area (Å²) >= 11 is 0. The Morgan fingerprint density at radius 3 is 3.17 bits per heavy atom. The summed E-state index contributed by atoms with van der Waals surface area (Å²) in [6, 6.07) is 3.66. The highest BCUT2D eigenvalue weighted by Gasteiger charge is 2.03. The summed E-state index contributed by atoms with van der Waals surface area (Å²) < 4.78 is 4.78. The van der Waals surface area contributed by atoms with Crippen LogP contribution in [-0.2, 0) is 9.53 Å². The third-order valence-electron chi connectivity index (χ3n) is 2.25. The number of carbonyl (C=O) groups is 1. The van der Waals surface area contributed by atoms with Crippen molar-refractivity contribution >= 4 is 12.0 Å². The normalized spacial score (nSPS) is 12.6. The molecule has 5 nitrogen and oxygen atoms in total. The molecule has 5 heteroatoms. The third-order valence-corrected chi connectivity index (χ3v) is 2.25. The maximum absolute atomic E-state index is 11.4. The molecular formula is C13H18N2O3. The first-order valence-corrected chi connectivity index (χ1v) is 5.75. The van der Waals surface area contributed by atoms with Gasteiger partial charge in [-0.3, -0.25) is 9.78 Å². The number of hydrogen-bond acceptors (Lipinski definition) is 4. The maximum Gasteiger partial charge on any atom is 0.244 e. The molecular weight excluding hydrogens is 232 g/mol. The van der Waals surface area contributed by atoms with Gasteiger partial charge in [-0.1, -0.05) is 6.07 Å². The van der Waals surface area contributed by atoms with Crippen LogP contribution >= 0.6 is 0 Å². The second-order valence-electron chi connectivity index (χ2n) is 3.81. The molecule has 0 radical (unpaired) electrons. The number of carbonyl (C=O) groups excluding carboxylic acids is 1. The lowest BCUT2D eigenvalue weighted by Gasteiger charge is -2.08. The van der Waals surface area contributed by atoms with Crippen LogP contribution in [0.3, 0.4) is 0 Å². The molecule has 0 saturated heterocycles. The lowest BCUT2D eigenvalue weighted by Crippen LogP contribution is -2.27. The monoisotopic (exact) mass is 250 g/mol. The van der Waals surface area contributed by atoms with E-state index in [0.717, 1.165) is 5.56 Å². The van der Waals surface area contributed by atoms with E-state index in [4.69, 9.17) is 4.74 Å². The van der Waals surface area contributed by atoms with Crippen LogP contribution in [0.5, 0.6) is 0 Å². The second-order valence-corrected chi connectivity index (χ2v) is 3.81. The van der Waals surface area contributed by atoms with Crippen molar-refractivity contribution in [1.82, 2.24) is 10.3 Å². The molecule has 1 rings (SSSR count). The molecule has 0 aliphatic carbocycles. The van der Waals surface area contributed by atoms with E-state index in [0.29, 0.717) is 13.0 Å². The van der Waals surface area contributed by atoms with Crippen molar-refractivity contribution in [3.63, 3.8) is 0 Å². The highest BCUT2D eigenvalue weighted by molar-refractivity contribution is 5.91. The van der Waals surface area contributed by atoms with Crippen LogP contribution in [-0.4, -0.2) is 42.4 Å². The lowest BCUT2D eigenvalue weighted by atomic mass is 10.2. The van der Waals surface area contributed by atoms with Gasteiger partial charge in [0.05, 0.1) is 12.7 Å². The van der Waals surface area contributed by atoms with Crippen molar-refractivity contribution in [1.29, 1.82) is 0 Å². The number of rotatable bonds is 7. The van der Waals surface area contributed by atoms with Gasteiger partial charge in [0.1, 0.15) is 0 Å². The largest absolute Gasteiger partial charge is 0.391 e. The van der Waals surface area contributed by atoms with Gasteiger partial charge in [-0.2, -0.15) is 0 Å². The third kappa shape index (κ3) is 6.12. The van der Waals surface area contributed by atoms with Gasteiger partial charge in [-0.15, -0.1) is 0 Å². The number of hydrogen-bond donors (Lipinski definition) is 2. The standard InChI is InChI=1S/C13H18N2O3/c1-18-10-12(16)6-8-15-13(17)5-4-11-3-2-7-14-9-11/h2-5,7,9,12,16H,6,8,10H2,1H3,(H,15,17)/b5-4+. The van der Waals surface area contributed by atoms with Crippen molar-refractivity contribution in [3.05, 3.63) is 36.2 Å². The van der Waals surface area contributed by atoms with E-state index in [1.54, 1.807) is 24.5 Å². The average Bonchev–Trinajstić information content (AvgIpc) is 2.38. The Balaban J connectivity index is 2.24. The molecule has 0 aliphatic heterocycles. The number of amides is 1. The summed E-state index contributed by atoms with van der Waals surface area (Å²) in [5.74, 6) is -0.191. The SMILES string of the molecule is COCC(O)CCNC(=O)/C=C/c1cccnc1. The zero-order chi connectivity index (χ0) is 13.2. The molecule has 0 aromatic carbocycles. The molecule has 0 spiro atoms. The first-order chi connectivity index (χ1) is 8.72. The molecule has 1 amide bonds. The van der Waals surface area contributed by atoms with Crippen LogP contribution in [0.4, 0.5) is 0 Å². The highest BCUT2D eigenvalue weighted by atomic mass is 16.5. The molecule has 0 saturated carbocycles. The van der Waals surface area contributed by atoms with Gasteiger partial charge in [0.2, 0.25) is 5.91 Å². The second kappa shape index (κ2) is 8.38. The van der Waals surface area contributed by atoms with E-state index in [1.165, 1.54) is 13.2 Å². The quantitative estimate of drug-likeness (QED) is 0.695. The molecule has 18 heavy (non-hydrogen) atoms. The number of aromatic nitrogens is 1. The molecule has 0 aliphatic rings. The van der Waals surface area contributed by atoms with Gasteiger partial charge in [-0.25, -0.2) is 0 Å². The summed E-state index contributed by atoms with van der Waals surface area (Å²) in [7, 11) is 1.53. The Morgan fingerprint density at radius 2 is 2.50 bits per heavy atom. The van der Waals surface area contributed by atoms with Crippen LogP contribution < -0.4 is 5.32 Å². The topological polar surface area (TPSA) is 71.5 Å². The molecule has 0 bridgehead atoms. The van der Waals surface area contributed by atoms with Crippen molar-refractivity contribution < 1.29 is 14.6 Å². The van der Waals surface area contributed by atoms with Crippen molar-refractivity contribution in [2.24, 2.45) is 0 Å². The van der Waals surface area contributed by atoms with Crippen LogP contribution in [0.1, 0.15) is 12.0 Å². The van der Waals surface area contributed by atoms with Crippen molar-refractivity contribution in [2.45, 2.75) is 12.5 Å². The minimum Gasteiger partial charge on any atom is -0.391 e. The molecule has 1 atom stereocenters. The molecule has 1 heterocycles. The highest BCUT2D eigenvalue weighted by Crippen LogP contribution is 1.98. The zero-order valence-corrected chi connectivity index (χ0v) is 10.4. The number of pyridine rings is 1. The number of aliphatic hydroxyl groups is 1. The molecule has 1 unspecified atom stereocenters. The first-order valence-electron chi connectivity index (χ1n) is 5.75.